The van der Waals surface area contributed by atoms with E-state index in [0.29, 0.717) is 18.2 Å². The van der Waals surface area contributed by atoms with E-state index >= 15 is 0 Å². The molecule has 0 aliphatic carbocycles. The lowest BCUT2D eigenvalue weighted by Crippen LogP contribution is -2.37. The zero-order valence-corrected chi connectivity index (χ0v) is 10.9. The van der Waals surface area contributed by atoms with Gasteiger partial charge in [-0.3, -0.25) is 4.79 Å². The van der Waals surface area contributed by atoms with Crippen molar-refractivity contribution in [2.45, 2.75) is 38.6 Å². The molecule has 1 unspecified atom stereocenters. The first kappa shape index (κ1) is 13.0. The Hall–Kier alpha value is -1.49. The summed E-state index contributed by atoms with van der Waals surface area (Å²) in [6.07, 6.45) is 5.40. The van der Waals surface area contributed by atoms with Gasteiger partial charge in [0.15, 0.2) is 0 Å². The molecule has 1 fully saturated rings. The van der Waals surface area contributed by atoms with Crippen LogP contribution in [0.5, 0.6) is 0 Å². The second kappa shape index (κ2) is 5.91. The van der Waals surface area contributed by atoms with Gasteiger partial charge in [-0.25, -0.2) is 9.97 Å². The molecule has 5 nitrogen and oxygen atoms in total. The van der Waals surface area contributed by atoms with E-state index in [2.05, 4.69) is 20.6 Å². The first-order valence-corrected chi connectivity index (χ1v) is 6.50. The van der Waals surface area contributed by atoms with Crippen LogP contribution < -0.4 is 10.6 Å². The van der Waals surface area contributed by atoms with Crippen molar-refractivity contribution in [1.82, 2.24) is 20.6 Å². The first-order valence-electron chi connectivity index (χ1n) is 6.50. The van der Waals surface area contributed by atoms with Crippen LogP contribution in [0.4, 0.5) is 0 Å². The Labute approximate surface area is 107 Å². The summed E-state index contributed by atoms with van der Waals surface area (Å²) in [5.41, 5.74) is 1.40. The summed E-state index contributed by atoms with van der Waals surface area (Å²) >= 11 is 0. The second-order valence-electron chi connectivity index (χ2n) is 4.98. The van der Waals surface area contributed by atoms with Crippen molar-refractivity contribution in [3.8, 4) is 0 Å². The van der Waals surface area contributed by atoms with Gasteiger partial charge in [0.25, 0.3) is 5.91 Å². The van der Waals surface area contributed by atoms with Gasteiger partial charge in [0.1, 0.15) is 6.33 Å². The van der Waals surface area contributed by atoms with E-state index < -0.39 is 0 Å². The highest BCUT2D eigenvalue weighted by Gasteiger charge is 2.18. The molecular formula is C13H20N4O. The number of nitrogens with one attached hydrogen (secondary N) is 2. The molecule has 1 amide bonds. The van der Waals surface area contributed by atoms with Gasteiger partial charge >= 0.3 is 0 Å². The van der Waals surface area contributed by atoms with Gasteiger partial charge in [-0.2, -0.15) is 0 Å². The molecule has 0 spiro atoms. The molecule has 5 heteroatoms. The van der Waals surface area contributed by atoms with Crippen LogP contribution in [-0.4, -0.2) is 35.0 Å². The fraction of sp³-hybridized carbons (Fsp3) is 0.615. The Morgan fingerprint density at radius 2 is 2.44 bits per heavy atom. The normalized spacial score (nSPS) is 19.2. The summed E-state index contributed by atoms with van der Waals surface area (Å²) in [6, 6.07) is 0.404. The van der Waals surface area contributed by atoms with Gasteiger partial charge in [-0.15, -0.1) is 0 Å². The number of carbonyl (C=O) groups is 1. The second-order valence-corrected chi connectivity index (χ2v) is 4.98. The van der Waals surface area contributed by atoms with Gasteiger partial charge in [-0.1, -0.05) is 13.8 Å². The molecule has 0 radical (unpaired) electrons. The van der Waals surface area contributed by atoms with Crippen LogP contribution in [0.2, 0.25) is 0 Å². The van der Waals surface area contributed by atoms with Crippen molar-refractivity contribution >= 4 is 5.91 Å². The molecule has 1 aliphatic heterocycles. The predicted molar refractivity (Wildman–Crippen MR) is 69.5 cm³/mol. The molecular weight excluding hydrogens is 228 g/mol. The van der Waals surface area contributed by atoms with Crippen molar-refractivity contribution in [1.29, 1.82) is 0 Å². The van der Waals surface area contributed by atoms with E-state index in [0.717, 1.165) is 18.7 Å². The van der Waals surface area contributed by atoms with Crippen LogP contribution in [0.1, 0.15) is 48.7 Å². The number of aromatic nitrogens is 2. The summed E-state index contributed by atoms with van der Waals surface area (Å²) in [7, 11) is 0. The SMILES string of the molecule is CC(C)c1ncncc1C(=O)NCC1CCCN1. The quantitative estimate of drug-likeness (QED) is 0.837. The van der Waals surface area contributed by atoms with Crippen molar-refractivity contribution in [3.05, 3.63) is 23.8 Å². The highest BCUT2D eigenvalue weighted by atomic mass is 16.1. The van der Waals surface area contributed by atoms with E-state index in [1.165, 1.54) is 12.7 Å². The summed E-state index contributed by atoms with van der Waals surface area (Å²) in [4.78, 5) is 20.2. The molecule has 1 aromatic rings. The van der Waals surface area contributed by atoms with Gasteiger partial charge < -0.3 is 10.6 Å². The molecule has 0 saturated carbocycles. The number of hydrogen-bond donors (Lipinski definition) is 2. The Morgan fingerprint density at radius 1 is 1.61 bits per heavy atom. The number of carbonyl (C=O) groups excluding carboxylic acids is 1. The van der Waals surface area contributed by atoms with Crippen LogP contribution >= 0.6 is 0 Å². The maximum atomic E-state index is 12.1. The minimum absolute atomic E-state index is 0.0759. The average Bonchev–Trinajstić information content (AvgIpc) is 2.89. The minimum atomic E-state index is -0.0759. The molecule has 98 valence electrons. The predicted octanol–water partition coefficient (Wildman–Crippen LogP) is 1.08. The molecule has 0 bridgehead atoms. The summed E-state index contributed by atoms with van der Waals surface area (Å²) in [5, 5.41) is 6.31. The van der Waals surface area contributed by atoms with Crippen LogP contribution in [0.25, 0.3) is 0 Å². The summed E-state index contributed by atoms with van der Waals surface area (Å²) in [5.74, 6) is 0.145. The third-order valence-electron chi connectivity index (χ3n) is 3.21. The standard InChI is InChI=1S/C13H20N4O/c1-9(2)12-11(7-14-8-17-12)13(18)16-6-10-4-3-5-15-10/h7-10,15H,3-6H2,1-2H3,(H,16,18). The molecule has 0 aromatic carbocycles. The lowest BCUT2D eigenvalue weighted by atomic mass is 10.0. The fourth-order valence-electron chi connectivity index (χ4n) is 2.22. The summed E-state index contributed by atoms with van der Waals surface area (Å²) in [6.45, 7) is 5.77. The molecule has 1 aliphatic rings. The number of rotatable bonds is 4. The van der Waals surface area contributed by atoms with Crippen molar-refractivity contribution in [2.75, 3.05) is 13.1 Å². The Bertz CT molecular complexity index is 413. The lowest BCUT2D eigenvalue weighted by molar-refractivity contribution is 0.0948. The van der Waals surface area contributed by atoms with Gasteiger partial charge in [-0.05, 0) is 25.3 Å². The smallest absolute Gasteiger partial charge is 0.254 e. The number of amides is 1. The summed E-state index contributed by atoms with van der Waals surface area (Å²) < 4.78 is 0. The van der Waals surface area contributed by atoms with Crippen LogP contribution in [0, 0.1) is 0 Å². The van der Waals surface area contributed by atoms with E-state index in [1.807, 2.05) is 13.8 Å². The molecule has 1 saturated heterocycles. The molecule has 2 rings (SSSR count). The maximum absolute atomic E-state index is 12.1. The van der Waals surface area contributed by atoms with E-state index in [9.17, 15) is 4.79 Å². The molecule has 1 aromatic heterocycles. The fourth-order valence-corrected chi connectivity index (χ4v) is 2.22. The Kier molecular flexibility index (Phi) is 4.25. The van der Waals surface area contributed by atoms with Crippen molar-refractivity contribution in [3.63, 3.8) is 0 Å². The average molecular weight is 248 g/mol. The lowest BCUT2D eigenvalue weighted by Gasteiger charge is -2.13. The Morgan fingerprint density at radius 3 is 3.11 bits per heavy atom. The van der Waals surface area contributed by atoms with Crippen LogP contribution in [0.15, 0.2) is 12.5 Å². The van der Waals surface area contributed by atoms with Crippen LogP contribution in [0.3, 0.4) is 0 Å². The highest BCUT2D eigenvalue weighted by molar-refractivity contribution is 5.95. The molecule has 2 heterocycles. The van der Waals surface area contributed by atoms with Gasteiger partial charge in [0.05, 0.1) is 11.3 Å². The van der Waals surface area contributed by atoms with Gasteiger partial charge in [0, 0.05) is 18.8 Å². The third-order valence-corrected chi connectivity index (χ3v) is 3.21. The first-order chi connectivity index (χ1) is 8.68. The topological polar surface area (TPSA) is 66.9 Å². The number of hydrogen-bond acceptors (Lipinski definition) is 4. The van der Waals surface area contributed by atoms with Crippen molar-refractivity contribution < 1.29 is 4.79 Å². The largest absolute Gasteiger partial charge is 0.350 e. The molecule has 2 N–H and O–H groups in total. The van der Waals surface area contributed by atoms with Gasteiger partial charge in [0.2, 0.25) is 0 Å². The van der Waals surface area contributed by atoms with E-state index in [4.69, 9.17) is 0 Å². The highest BCUT2D eigenvalue weighted by Crippen LogP contribution is 2.15. The monoisotopic (exact) mass is 248 g/mol. The Balaban J connectivity index is 1.99. The van der Waals surface area contributed by atoms with Crippen LogP contribution in [-0.2, 0) is 0 Å². The van der Waals surface area contributed by atoms with E-state index in [1.54, 1.807) is 6.20 Å². The maximum Gasteiger partial charge on any atom is 0.254 e. The zero-order valence-electron chi connectivity index (χ0n) is 10.9. The van der Waals surface area contributed by atoms with Crippen molar-refractivity contribution in [2.24, 2.45) is 0 Å². The zero-order chi connectivity index (χ0) is 13.0. The molecule has 18 heavy (non-hydrogen) atoms. The van der Waals surface area contributed by atoms with E-state index in [-0.39, 0.29) is 11.8 Å². The number of nitrogens with zero attached hydrogens (tertiary/aromatic N) is 2. The molecule has 1 atom stereocenters. The third kappa shape index (κ3) is 3.04. The minimum Gasteiger partial charge on any atom is -0.350 e.